The third-order valence-corrected chi connectivity index (χ3v) is 7.26. The van der Waals surface area contributed by atoms with Crippen LogP contribution in [0.4, 0.5) is 5.82 Å². The second-order valence-electron chi connectivity index (χ2n) is 6.86. The Kier molecular flexibility index (Phi) is 6.77. The van der Waals surface area contributed by atoms with E-state index in [2.05, 4.69) is 4.90 Å². The number of thioether (sulfide) groups is 2. The summed E-state index contributed by atoms with van der Waals surface area (Å²) >= 11 is 8.53. The van der Waals surface area contributed by atoms with E-state index in [1.807, 2.05) is 23.9 Å². The van der Waals surface area contributed by atoms with Crippen molar-refractivity contribution in [1.82, 2.24) is 14.3 Å². The minimum atomic E-state index is -0.182. The van der Waals surface area contributed by atoms with Gasteiger partial charge in [0.1, 0.15) is 15.8 Å². The molecule has 2 aromatic rings. The summed E-state index contributed by atoms with van der Waals surface area (Å²) in [6, 6.07) is 5.48. The number of aromatic nitrogens is 2. The Morgan fingerprint density at radius 2 is 2.07 bits per heavy atom. The van der Waals surface area contributed by atoms with Crippen LogP contribution in [-0.2, 0) is 9.53 Å². The van der Waals surface area contributed by atoms with E-state index < -0.39 is 0 Å². The van der Waals surface area contributed by atoms with Gasteiger partial charge in [-0.2, -0.15) is 11.8 Å². The Labute approximate surface area is 188 Å². The molecule has 30 heavy (non-hydrogen) atoms. The third kappa shape index (κ3) is 4.27. The van der Waals surface area contributed by atoms with Crippen LogP contribution in [0.15, 0.2) is 34.1 Å². The zero-order valence-corrected chi connectivity index (χ0v) is 19.0. The molecule has 10 heteroatoms. The van der Waals surface area contributed by atoms with Crippen molar-refractivity contribution in [1.29, 1.82) is 0 Å². The molecule has 2 saturated heterocycles. The smallest absolute Gasteiger partial charge is 0.267 e. The van der Waals surface area contributed by atoms with E-state index in [1.165, 1.54) is 16.2 Å². The van der Waals surface area contributed by atoms with Crippen LogP contribution in [0.3, 0.4) is 0 Å². The summed E-state index contributed by atoms with van der Waals surface area (Å²) in [6.07, 6.45) is 4.07. The van der Waals surface area contributed by atoms with Gasteiger partial charge in [0.05, 0.1) is 10.5 Å². The number of rotatable bonds is 6. The highest BCUT2D eigenvalue weighted by Crippen LogP contribution is 2.33. The van der Waals surface area contributed by atoms with Gasteiger partial charge in [-0.25, -0.2) is 4.98 Å². The van der Waals surface area contributed by atoms with E-state index >= 15 is 0 Å². The van der Waals surface area contributed by atoms with E-state index in [4.69, 9.17) is 21.9 Å². The number of amides is 1. The van der Waals surface area contributed by atoms with Crippen LogP contribution >= 0.6 is 35.7 Å². The first-order valence-electron chi connectivity index (χ1n) is 9.68. The summed E-state index contributed by atoms with van der Waals surface area (Å²) in [5.74, 6) is 2.43. The number of pyridine rings is 1. The number of hydrogen-bond acceptors (Lipinski definition) is 8. The fraction of sp³-hybridized carbons (Fsp3) is 0.400. The van der Waals surface area contributed by atoms with Gasteiger partial charge in [0.15, 0.2) is 0 Å². The van der Waals surface area contributed by atoms with Crippen molar-refractivity contribution in [3.63, 3.8) is 0 Å². The zero-order chi connectivity index (χ0) is 21.1. The van der Waals surface area contributed by atoms with Gasteiger partial charge in [-0.1, -0.05) is 30.0 Å². The molecule has 2 aromatic heterocycles. The molecule has 7 nitrogen and oxygen atoms in total. The maximum atomic E-state index is 13.3. The molecule has 0 atom stereocenters. The number of carbonyl (C=O) groups is 1. The predicted molar refractivity (Wildman–Crippen MR) is 127 cm³/mol. The first-order valence-corrected chi connectivity index (χ1v) is 12.1. The number of fused-ring (bicyclic) bond motifs is 1. The highest BCUT2D eigenvalue weighted by atomic mass is 32.2. The molecule has 4 heterocycles. The third-order valence-electron chi connectivity index (χ3n) is 4.94. The molecule has 0 aromatic carbocycles. The first kappa shape index (κ1) is 21.4. The molecule has 0 saturated carbocycles. The van der Waals surface area contributed by atoms with Crippen LogP contribution in [0.1, 0.15) is 12.0 Å². The van der Waals surface area contributed by atoms with E-state index in [0.29, 0.717) is 45.8 Å². The number of methoxy groups -OCH3 is 1. The van der Waals surface area contributed by atoms with Gasteiger partial charge in [-0.3, -0.25) is 18.9 Å². The van der Waals surface area contributed by atoms with Crippen LogP contribution in [0, 0.1) is 0 Å². The van der Waals surface area contributed by atoms with Crippen molar-refractivity contribution in [2.75, 3.05) is 49.8 Å². The van der Waals surface area contributed by atoms with E-state index in [1.54, 1.807) is 30.3 Å². The molecule has 2 aliphatic rings. The standard InChI is InChI=1S/C20H22N4O3S3/c1-27-10-4-7-24-19(26)15(30-20(24)28)13-14-17(22-8-11-29-12-9-22)21-16-5-2-3-6-23(16)18(14)25/h2-3,5-6,13H,4,7-12H2,1H3/b15-13+. The predicted octanol–water partition coefficient (Wildman–Crippen LogP) is 2.49. The molecule has 158 valence electrons. The Morgan fingerprint density at radius 1 is 1.27 bits per heavy atom. The summed E-state index contributed by atoms with van der Waals surface area (Å²) in [5.41, 5.74) is 0.849. The molecule has 2 fully saturated rings. The van der Waals surface area contributed by atoms with Crippen molar-refractivity contribution >= 4 is 63.5 Å². The Hall–Kier alpha value is -1.88. The number of anilines is 1. The van der Waals surface area contributed by atoms with E-state index in [-0.39, 0.29) is 11.5 Å². The molecule has 0 unspecified atom stereocenters. The van der Waals surface area contributed by atoms with Gasteiger partial charge < -0.3 is 9.64 Å². The van der Waals surface area contributed by atoms with Gasteiger partial charge in [0, 0.05) is 51.1 Å². The van der Waals surface area contributed by atoms with Crippen LogP contribution in [0.5, 0.6) is 0 Å². The average molecular weight is 463 g/mol. The Morgan fingerprint density at radius 3 is 2.83 bits per heavy atom. The Balaban J connectivity index is 1.76. The van der Waals surface area contributed by atoms with Crippen molar-refractivity contribution in [3.05, 3.63) is 45.2 Å². The average Bonchev–Trinajstić information content (AvgIpc) is 3.03. The summed E-state index contributed by atoms with van der Waals surface area (Å²) in [6.45, 7) is 2.70. The normalized spacial score (nSPS) is 18.8. The van der Waals surface area contributed by atoms with Crippen LogP contribution in [0.25, 0.3) is 11.7 Å². The zero-order valence-electron chi connectivity index (χ0n) is 16.6. The van der Waals surface area contributed by atoms with Crippen LogP contribution in [-0.4, -0.2) is 69.4 Å². The topological polar surface area (TPSA) is 67.2 Å². The lowest BCUT2D eigenvalue weighted by Crippen LogP contribution is -2.36. The van der Waals surface area contributed by atoms with E-state index in [9.17, 15) is 9.59 Å². The number of carbonyl (C=O) groups excluding carboxylic acids is 1. The molecule has 0 bridgehead atoms. The van der Waals surface area contributed by atoms with Gasteiger partial charge in [0.2, 0.25) is 0 Å². The van der Waals surface area contributed by atoms with Gasteiger partial charge in [-0.15, -0.1) is 0 Å². The van der Waals surface area contributed by atoms with Crippen LogP contribution in [0.2, 0.25) is 0 Å². The maximum Gasteiger partial charge on any atom is 0.267 e. The second-order valence-corrected chi connectivity index (χ2v) is 9.76. The maximum absolute atomic E-state index is 13.3. The molecule has 4 rings (SSSR count). The monoisotopic (exact) mass is 462 g/mol. The minimum Gasteiger partial charge on any atom is -0.385 e. The van der Waals surface area contributed by atoms with Crippen molar-refractivity contribution in [3.8, 4) is 0 Å². The number of nitrogens with zero attached hydrogens (tertiary/aromatic N) is 4. The lowest BCUT2D eigenvalue weighted by atomic mass is 10.2. The molecule has 0 N–H and O–H groups in total. The fourth-order valence-electron chi connectivity index (χ4n) is 3.42. The van der Waals surface area contributed by atoms with Crippen LogP contribution < -0.4 is 10.5 Å². The summed E-state index contributed by atoms with van der Waals surface area (Å²) in [7, 11) is 1.63. The lowest BCUT2D eigenvalue weighted by molar-refractivity contribution is -0.122. The quantitative estimate of drug-likeness (QED) is 0.369. The number of hydrogen-bond donors (Lipinski definition) is 0. The summed E-state index contributed by atoms with van der Waals surface area (Å²) < 4.78 is 7.10. The molecule has 1 amide bonds. The molecular weight excluding hydrogens is 440 g/mol. The van der Waals surface area contributed by atoms with Crippen molar-refractivity contribution in [2.45, 2.75) is 6.42 Å². The molecule has 2 aliphatic heterocycles. The fourth-order valence-corrected chi connectivity index (χ4v) is 5.62. The van der Waals surface area contributed by atoms with Gasteiger partial charge >= 0.3 is 0 Å². The summed E-state index contributed by atoms with van der Waals surface area (Å²) in [5, 5.41) is 0. The largest absolute Gasteiger partial charge is 0.385 e. The number of thiocarbonyl (C=S) groups is 1. The first-order chi connectivity index (χ1) is 14.6. The lowest BCUT2D eigenvalue weighted by Gasteiger charge is -2.28. The highest BCUT2D eigenvalue weighted by Gasteiger charge is 2.32. The SMILES string of the molecule is COCCCN1C(=O)/C(=C\c2c(N3CCSCC3)nc3ccccn3c2=O)SC1=S. The molecule has 0 radical (unpaired) electrons. The highest BCUT2D eigenvalue weighted by molar-refractivity contribution is 8.26. The van der Waals surface area contributed by atoms with Crippen molar-refractivity contribution < 1.29 is 9.53 Å². The minimum absolute atomic E-state index is 0.168. The molecule has 0 aliphatic carbocycles. The van der Waals surface area contributed by atoms with Gasteiger partial charge in [-0.05, 0) is 24.6 Å². The molecule has 0 spiro atoms. The summed E-state index contributed by atoms with van der Waals surface area (Å²) in [4.78, 5) is 35.2. The number of ether oxygens (including phenoxy) is 1. The van der Waals surface area contributed by atoms with Gasteiger partial charge in [0.25, 0.3) is 11.5 Å². The molecular formula is C20H22N4O3S3. The Bertz CT molecular complexity index is 1060. The second kappa shape index (κ2) is 9.51. The van der Waals surface area contributed by atoms with E-state index in [0.717, 1.165) is 24.6 Å². The van der Waals surface area contributed by atoms with Crippen molar-refractivity contribution in [2.24, 2.45) is 0 Å².